The quantitative estimate of drug-likeness (QED) is 0.230. The molecule has 0 bridgehead atoms. The topological polar surface area (TPSA) is 65.4 Å². The number of nitrogens with zero attached hydrogens (tertiary/aromatic N) is 2. The van der Waals surface area contributed by atoms with Crippen molar-refractivity contribution in [1.29, 1.82) is 0 Å². The molecule has 3 aromatic carbocycles. The van der Waals surface area contributed by atoms with Crippen molar-refractivity contribution in [1.82, 2.24) is 9.78 Å². The van der Waals surface area contributed by atoms with Gasteiger partial charge in [0.05, 0.1) is 24.6 Å². The smallest absolute Gasteiger partial charge is 0.357 e. The van der Waals surface area contributed by atoms with Gasteiger partial charge in [-0.05, 0) is 50.2 Å². The molecule has 1 aromatic heterocycles. The maximum absolute atomic E-state index is 14.1. The number of para-hydroxylation sites is 1. The molecule has 6 nitrogen and oxygen atoms in total. The van der Waals surface area contributed by atoms with E-state index in [1.165, 1.54) is 0 Å². The lowest BCUT2D eigenvalue weighted by Gasteiger charge is -2.28. The minimum atomic E-state index is -3.65. The molecule has 1 atom stereocenters. The maximum Gasteiger partial charge on any atom is 0.357 e. The molecular formula is C26H27ClN3O3P. The summed E-state index contributed by atoms with van der Waals surface area (Å²) in [5, 5.41) is 8.88. The summed E-state index contributed by atoms with van der Waals surface area (Å²) in [6.45, 7) is 4.08. The Labute approximate surface area is 205 Å². The largest absolute Gasteiger partial charge is 0.368 e. The number of hydrogen-bond donors (Lipinski definition) is 1. The van der Waals surface area contributed by atoms with Crippen molar-refractivity contribution in [3.05, 3.63) is 102 Å². The lowest BCUT2D eigenvalue weighted by Crippen LogP contribution is -2.15. The van der Waals surface area contributed by atoms with Gasteiger partial charge >= 0.3 is 7.60 Å². The Morgan fingerprint density at radius 1 is 0.912 bits per heavy atom. The summed E-state index contributed by atoms with van der Waals surface area (Å²) in [6.07, 6.45) is 1.88. The van der Waals surface area contributed by atoms with E-state index in [-0.39, 0.29) is 13.2 Å². The van der Waals surface area contributed by atoms with Gasteiger partial charge in [-0.1, -0.05) is 60.1 Å². The second-order valence-corrected chi connectivity index (χ2v) is 10.1. The summed E-state index contributed by atoms with van der Waals surface area (Å²) < 4.78 is 27.5. The molecule has 0 aliphatic heterocycles. The normalized spacial score (nSPS) is 12.4. The van der Waals surface area contributed by atoms with Gasteiger partial charge in [0.15, 0.2) is 5.78 Å². The molecule has 1 N–H and O–H groups in total. The summed E-state index contributed by atoms with van der Waals surface area (Å²) >= 11 is 6.09. The molecular weight excluding hydrogens is 469 g/mol. The van der Waals surface area contributed by atoms with E-state index in [4.69, 9.17) is 25.7 Å². The van der Waals surface area contributed by atoms with E-state index in [2.05, 4.69) is 5.32 Å². The Kier molecular flexibility index (Phi) is 7.86. The zero-order valence-corrected chi connectivity index (χ0v) is 20.7. The van der Waals surface area contributed by atoms with E-state index in [9.17, 15) is 4.57 Å². The van der Waals surface area contributed by atoms with E-state index < -0.39 is 13.4 Å². The fourth-order valence-corrected chi connectivity index (χ4v) is 5.75. The minimum Gasteiger partial charge on any atom is -0.368 e. The first-order chi connectivity index (χ1) is 16.5. The molecule has 0 fully saturated rings. The second kappa shape index (κ2) is 11.0. The first-order valence-corrected chi connectivity index (χ1v) is 13.1. The standard InChI is InChI=1S/C26H27ClN3O3P/c1-3-32-34(31,33-4-2)26(28-22-17-15-21(27)16-18-22)24-19-30(23-13-9-6-10-14-23)29-25(24)20-11-7-5-8-12-20/h5-19,26,28H,3-4H2,1-2H3. The van der Waals surface area contributed by atoms with Crippen molar-refractivity contribution in [3.8, 4) is 16.9 Å². The van der Waals surface area contributed by atoms with Crippen molar-refractivity contribution in [2.75, 3.05) is 18.5 Å². The van der Waals surface area contributed by atoms with Gasteiger partial charge in [0.25, 0.3) is 0 Å². The fourth-order valence-electron chi connectivity index (χ4n) is 3.70. The van der Waals surface area contributed by atoms with Crippen LogP contribution in [-0.2, 0) is 13.6 Å². The number of benzene rings is 3. The number of halogens is 1. The molecule has 0 saturated heterocycles. The first kappa shape index (κ1) is 24.2. The molecule has 0 amide bonds. The molecule has 1 heterocycles. The highest BCUT2D eigenvalue weighted by atomic mass is 35.5. The minimum absolute atomic E-state index is 0.240. The highest BCUT2D eigenvalue weighted by Crippen LogP contribution is 2.62. The Bertz CT molecular complexity index is 1240. The lowest BCUT2D eigenvalue weighted by molar-refractivity contribution is 0.214. The van der Waals surface area contributed by atoms with E-state index in [0.29, 0.717) is 16.3 Å². The highest BCUT2D eigenvalue weighted by Gasteiger charge is 2.40. The van der Waals surface area contributed by atoms with Gasteiger partial charge in [-0.25, -0.2) is 4.68 Å². The van der Waals surface area contributed by atoms with Crippen LogP contribution in [0.5, 0.6) is 0 Å². The second-order valence-electron chi connectivity index (χ2n) is 7.51. The van der Waals surface area contributed by atoms with Crippen LogP contribution in [0.1, 0.15) is 25.2 Å². The van der Waals surface area contributed by atoms with Crippen LogP contribution in [0.3, 0.4) is 0 Å². The molecule has 34 heavy (non-hydrogen) atoms. The Balaban J connectivity index is 1.90. The van der Waals surface area contributed by atoms with Crippen LogP contribution < -0.4 is 5.32 Å². The van der Waals surface area contributed by atoms with Gasteiger partial charge in [0, 0.05) is 28.0 Å². The van der Waals surface area contributed by atoms with E-state index in [1.54, 1.807) is 30.7 Å². The molecule has 8 heteroatoms. The number of aromatic nitrogens is 2. The number of hydrogen-bond acceptors (Lipinski definition) is 5. The van der Waals surface area contributed by atoms with E-state index in [0.717, 1.165) is 16.9 Å². The van der Waals surface area contributed by atoms with E-state index in [1.807, 2.05) is 79.0 Å². The molecule has 0 radical (unpaired) electrons. The number of nitrogens with one attached hydrogen (secondary N) is 1. The SMILES string of the molecule is CCOP(=O)(OCC)C(Nc1ccc(Cl)cc1)c1cn(-c2ccccc2)nc1-c1ccccc1. The molecule has 1 unspecified atom stereocenters. The monoisotopic (exact) mass is 495 g/mol. The van der Waals surface area contributed by atoms with Gasteiger partial charge in [-0.15, -0.1) is 0 Å². The molecule has 4 rings (SSSR count). The summed E-state index contributed by atoms with van der Waals surface area (Å²) in [6, 6.07) is 26.8. The van der Waals surface area contributed by atoms with Crippen LogP contribution >= 0.6 is 19.2 Å². The third-order valence-corrected chi connectivity index (χ3v) is 7.71. The summed E-state index contributed by atoms with van der Waals surface area (Å²) in [4.78, 5) is 0. The first-order valence-electron chi connectivity index (χ1n) is 11.2. The van der Waals surface area contributed by atoms with Crippen molar-refractivity contribution in [2.45, 2.75) is 19.6 Å². The van der Waals surface area contributed by atoms with Crippen molar-refractivity contribution in [3.63, 3.8) is 0 Å². The van der Waals surface area contributed by atoms with Crippen LogP contribution in [0.25, 0.3) is 16.9 Å². The predicted molar refractivity (Wildman–Crippen MR) is 138 cm³/mol. The zero-order valence-electron chi connectivity index (χ0n) is 19.1. The predicted octanol–water partition coefficient (Wildman–Crippen LogP) is 7.57. The van der Waals surface area contributed by atoms with Crippen molar-refractivity contribution in [2.24, 2.45) is 0 Å². The third-order valence-electron chi connectivity index (χ3n) is 5.19. The molecule has 0 aliphatic carbocycles. The van der Waals surface area contributed by atoms with Gasteiger partial charge in [0.1, 0.15) is 0 Å². The molecule has 0 saturated carbocycles. The summed E-state index contributed by atoms with van der Waals surface area (Å²) in [5.74, 6) is -0.804. The van der Waals surface area contributed by atoms with Crippen LogP contribution in [-0.4, -0.2) is 23.0 Å². The Hall–Kier alpha value is -2.89. The van der Waals surface area contributed by atoms with Crippen LogP contribution in [0.2, 0.25) is 5.02 Å². The average molecular weight is 496 g/mol. The van der Waals surface area contributed by atoms with Gasteiger partial charge in [0.2, 0.25) is 0 Å². The molecule has 0 aliphatic rings. The van der Waals surface area contributed by atoms with E-state index >= 15 is 0 Å². The highest BCUT2D eigenvalue weighted by molar-refractivity contribution is 7.54. The number of anilines is 1. The van der Waals surface area contributed by atoms with Crippen molar-refractivity contribution >= 4 is 24.9 Å². The molecule has 4 aromatic rings. The van der Waals surface area contributed by atoms with Gasteiger partial charge in [-0.3, -0.25) is 4.57 Å². The Morgan fingerprint density at radius 2 is 1.50 bits per heavy atom. The van der Waals surface area contributed by atoms with Gasteiger partial charge in [-0.2, -0.15) is 5.10 Å². The summed E-state index contributed by atoms with van der Waals surface area (Å²) in [7, 11) is -3.65. The lowest BCUT2D eigenvalue weighted by atomic mass is 10.1. The third kappa shape index (κ3) is 5.43. The number of rotatable bonds is 10. The zero-order chi connectivity index (χ0) is 24.0. The van der Waals surface area contributed by atoms with Crippen LogP contribution in [0.4, 0.5) is 5.69 Å². The van der Waals surface area contributed by atoms with Gasteiger partial charge < -0.3 is 14.4 Å². The fraction of sp³-hybridized carbons (Fsp3) is 0.192. The Morgan fingerprint density at radius 3 is 2.09 bits per heavy atom. The average Bonchev–Trinajstić information content (AvgIpc) is 3.30. The summed E-state index contributed by atoms with van der Waals surface area (Å²) in [5.41, 5.74) is 3.92. The molecule has 176 valence electrons. The molecule has 0 spiro atoms. The van der Waals surface area contributed by atoms with Crippen LogP contribution in [0, 0.1) is 0 Å². The van der Waals surface area contributed by atoms with Crippen LogP contribution in [0.15, 0.2) is 91.1 Å². The van der Waals surface area contributed by atoms with Crippen molar-refractivity contribution < 1.29 is 13.6 Å². The maximum atomic E-state index is 14.1.